The molecule has 6 heteroatoms. The lowest BCUT2D eigenvalue weighted by Crippen LogP contribution is -2.39. The molecule has 1 fully saturated rings. The summed E-state index contributed by atoms with van der Waals surface area (Å²) in [5.41, 5.74) is 9.75. The Bertz CT molecular complexity index is 1110. The number of aromatic nitrogens is 1. The van der Waals surface area contributed by atoms with E-state index in [0.717, 1.165) is 54.3 Å². The zero-order chi connectivity index (χ0) is 22.7. The summed E-state index contributed by atoms with van der Waals surface area (Å²) in [6.45, 7) is 3.15. The summed E-state index contributed by atoms with van der Waals surface area (Å²) in [5.74, 6) is -0.0749. The van der Waals surface area contributed by atoms with Crippen LogP contribution in [0.4, 0.5) is 0 Å². The lowest BCUT2D eigenvalue weighted by molar-refractivity contribution is -0.150. The zero-order valence-electron chi connectivity index (χ0n) is 18.9. The van der Waals surface area contributed by atoms with Crippen LogP contribution in [0, 0.1) is 5.41 Å². The first-order valence-corrected chi connectivity index (χ1v) is 11.4. The molecule has 4 rings (SSSR count). The van der Waals surface area contributed by atoms with E-state index in [1.54, 1.807) is 0 Å². The van der Waals surface area contributed by atoms with Crippen molar-refractivity contribution in [3.63, 3.8) is 0 Å². The lowest BCUT2D eigenvalue weighted by atomic mass is 10.0. The smallest absolute Gasteiger partial charge is 0.328 e. The first kappa shape index (κ1) is 22.1. The molecule has 2 aromatic carbocycles. The zero-order valence-corrected chi connectivity index (χ0v) is 18.9. The van der Waals surface area contributed by atoms with Gasteiger partial charge in [-0.2, -0.15) is 0 Å². The van der Waals surface area contributed by atoms with Gasteiger partial charge >= 0.3 is 5.97 Å². The number of rotatable bonds is 8. The SMILES string of the molecule is CCOC(=O)C(c1ccccc1)N1CCC[C@H]1CCc1cc2ccc(C(=N)N)cc2n1C. The van der Waals surface area contributed by atoms with E-state index < -0.39 is 0 Å². The average molecular weight is 433 g/mol. The van der Waals surface area contributed by atoms with Crippen LogP contribution < -0.4 is 5.73 Å². The number of esters is 1. The monoisotopic (exact) mass is 432 g/mol. The van der Waals surface area contributed by atoms with Gasteiger partial charge in [0.2, 0.25) is 0 Å². The molecule has 0 radical (unpaired) electrons. The number of nitrogen functional groups attached to an aromatic ring is 1. The Morgan fingerprint density at radius 1 is 1.22 bits per heavy atom. The molecule has 6 nitrogen and oxygen atoms in total. The first-order chi connectivity index (χ1) is 15.5. The Balaban J connectivity index is 1.54. The van der Waals surface area contributed by atoms with Gasteiger partial charge < -0.3 is 15.0 Å². The molecule has 1 aliphatic heterocycles. The summed E-state index contributed by atoms with van der Waals surface area (Å²) in [5, 5.41) is 8.86. The number of amidine groups is 1. The lowest BCUT2D eigenvalue weighted by Gasteiger charge is -2.32. The van der Waals surface area contributed by atoms with Gasteiger partial charge in [-0.25, -0.2) is 4.79 Å². The van der Waals surface area contributed by atoms with Gasteiger partial charge in [0.15, 0.2) is 0 Å². The van der Waals surface area contributed by atoms with Gasteiger partial charge in [-0.1, -0.05) is 42.5 Å². The van der Waals surface area contributed by atoms with Crippen LogP contribution in [0.25, 0.3) is 10.9 Å². The van der Waals surface area contributed by atoms with Crippen LogP contribution in [0.1, 0.15) is 49.0 Å². The highest BCUT2D eigenvalue weighted by Crippen LogP contribution is 2.33. The minimum atomic E-state index is -0.353. The van der Waals surface area contributed by atoms with Crippen molar-refractivity contribution in [2.75, 3.05) is 13.2 Å². The molecule has 0 spiro atoms. The van der Waals surface area contributed by atoms with Crippen molar-refractivity contribution < 1.29 is 9.53 Å². The molecule has 0 saturated carbocycles. The molecule has 2 atom stereocenters. The molecule has 1 saturated heterocycles. The molecule has 2 heterocycles. The number of nitrogens with two attached hydrogens (primary N) is 1. The van der Waals surface area contributed by atoms with Gasteiger partial charge in [0.05, 0.1) is 6.61 Å². The highest BCUT2D eigenvalue weighted by molar-refractivity contribution is 5.98. The van der Waals surface area contributed by atoms with E-state index in [1.165, 1.54) is 5.69 Å². The predicted molar refractivity (Wildman–Crippen MR) is 128 cm³/mol. The van der Waals surface area contributed by atoms with Crippen molar-refractivity contribution in [3.05, 3.63) is 71.4 Å². The van der Waals surface area contributed by atoms with Crippen LogP contribution in [0.15, 0.2) is 54.6 Å². The number of fused-ring (bicyclic) bond motifs is 1. The highest BCUT2D eigenvalue weighted by Gasteiger charge is 2.36. The summed E-state index contributed by atoms with van der Waals surface area (Å²) in [6.07, 6.45) is 4.07. The number of nitrogens with zero attached hydrogens (tertiary/aromatic N) is 2. The van der Waals surface area contributed by atoms with Gasteiger partial charge in [0.25, 0.3) is 0 Å². The Morgan fingerprint density at radius 3 is 2.72 bits per heavy atom. The van der Waals surface area contributed by atoms with Crippen LogP contribution in [0.3, 0.4) is 0 Å². The van der Waals surface area contributed by atoms with Crippen molar-refractivity contribution in [2.45, 2.75) is 44.7 Å². The standard InChI is InChI=1S/C26H32N4O2/c1-3-32-26(31)24(18-8-5-4-6-9-18)30-15-7-10-21(30)13-14-22-16-19-11-12-20(25(27)28)17-23(19)29(22)2/h4-6,8-9,11-12,16-17,21,24H,3,7,10,13-15H2,1-2H3,(H3,27,28)/t21-,24?/m0/s1. The number of carbonyl (C=O) groups excluding carboxylic acids is 1. The molecule has 0 bridgehead atoms. The summed E-state index contributed by atoms with van der Waals surface area (Å²) < 4.78 is 7.65. The molecule has 1 aliphatic rings. The third kappa shape index (κ3) is 4.41. The Morgan fingerprint density at radius 2 is 2.00 bits per heavy atom. The summed E-state index contributed by atoms with van der Waals surface area (Å²) in [6, 6.07) is 18.1. The Kier molecular flexibility index (Phi) is 6.61. The van der Waals surface area contributed by atoms with E-state index in [0.29, 0.717) is 12.6 Å². The van der Waals surface area contributed by atoms with Crippen LogP contribution >= 0.6 is 0 Å². The van der Waals surface area contributed by atoms with Gasteiger partial charge in [-0.05, 0) is 62.2 Å². The number of aryl methyl sites for hydroxylation is 2. The van der Waals surface area contributed by atoms with Crippen LogP contribution in [-0.2, 0) is 23.0 Å². The summed E-state index contributed by atoms with van der Waals surface area (Å²) in [7, 11) is 2.07. The van der Waals surface area contributed by atoms with E-state index in [4.69, 9.17) is 15.9 Å². The fourth-order valence-corrected chi connectivity index (χ4v) is 4.94. The maximum Gasteiger partial charge on any atom is 0.328 e. The highest BCUT2D eigenvalue weighted by atomic mass is 16.5. The minimum absolute atomic E-state index is 0.0853. The summed E-state index contributed by atoms with van der Waals surface area (Å²) >= 11 is 0. The molecule has 1 aromatic heterocycles. The second-order valence-corrected chi connectivity index (χ2v) is 8.52. The van der Waals surface area contributed by atoms with Gasteiger partial charge in [-0.3, -0.25) is 10.3 Å². The average Bonchev–Trinajstić information content (AvgIpc) is 3.37. The summed E-state index contributed by atoms with van der Waals surface area (Å²) in [4.78, 5) is 15.3. The number of hydrogen-bond donors (Lipinski definition) is 2. The molecule has 3 N–H and O–H groups in total. The van der Waals surface area contributed by atoms with Crippen molar-refractivity contribution in [1.29, 1.82) is 5.41 Å². The van der Waals surface area contributed by atoms with Gasteiger partial charge in [0, 0.05) is 29.9 Å². The molecule has 1 unspecified atom stereocenters. The number of ether oxygens (including phenoxy) is 1. The Hall–Kier alpha value is -3.12. The third-order valence-electron chi connectivity index (χ3n) is 6.57. The number of benzene rings is 2. The molecule has 0 aliphatic carbocycles. The molecular formula is C26H32N4O2. The largest absolute Gasteiger partial charge is 0.465 e. The second kappa shape index (κ2) is 9.57. The van der Waals surface area contributed by atoms with E-state index >= 15 is 0 Å². The number of nitrogens with one attached hydrogen (secondary N) is 1. The minimum Gasteiger partial charge on any atom is -0.465 e. The third-order valence-corrected chi connectivity index (χ3v) is 6.57. The van der Waals surface area contributed by atoms with Gasteiger partial charge in [0.1, 0.15) is 11.9 Å². The van der Waals surface area contributed by atoms with Crippen LogP contribution in [-0.4, -0.2) is 40.5 Å². The number of hydrogen-bond acceptors (Lipinski definition) is 4. The van der Waals surface area contributed by atoms with E-state index in [1.807, 2.05) is 55.5 Å². The second-order valence-electron chi connectivity index (χ2n) is 8.52. The normalized spacial score (nSPS) is 17.5. The predicted octanol–water partition coefficient (Wildman–Crippen LogP) is 4.16. The van der Waals surface area contributed by atoms with E-state index in [-0.39, 0.29) is 17.8 Å². The van der Waals surface area contributed by atoms with Crippen LogP contribution in [0.2, 0.25) is 0 Å². The molecular weight excluding hydrogens is 400 g/mol. The van der Waals surface area contributed by atoms with Crippen molar-refractivity contribution in [3.8, 4) is 0 Å². The van der Waals surface area contributed by atoms with E-state index in [9.17, 15) is 4.79 Å². The molecule has 32 heavy (non-hydrogen) atoms. The molecule has 3 aromatic rings. The van der Waals surface area contributed by atoms with Crippen molar-refractivity contribution in [2.24, 2.45) is 12.8 Å². The first-order valence-electron chi connectivity index (χ1n) is 11.4. The molecule has 0 amide bonds. The molecule has 168 valence electrons. The van der Waals surface area contributed by atoms with Gasteiger partial charge in [-0.15, -0.1) is 0 Å². The fraction of sp³-hybridized carbons (Fsp3) is 0.385. The quantitative estimate of drug-likeness (QED) is 0.318. The van der Waals surface area contributed by atoms with Crippen molar-refractivity contribution >= 4 is 22.7 Å². The number of likely N-dealkylation sites (tertiary alicyclic amines) is 1. The number of carbonyl (C=O) groups is 1. The van der Waals surface area contributed by atoms with Crippen LogP contribution in [0.5, 0.6) is 0 Å². The Labute approximate surface area is 189 Å². The topological polar surface area (TPSA) is 84.3 Å². The maximum atomic E-state index is 12.9. The van der Waals surface area contributed by atoms with E-state index in [2.05, 4.69) is 22.6 Å². The maximum absolute atomic E-state index is 12.9. The van der Waals surface area contributed by atoms with Crippen molar-refractivity contribution in [1.82, 2.24) is 9.47 Å². The fourth-order valence-electron chi connectivity index (χ4n) is 4.94.